The number of rotatable bonds is 7. The number of pyridine rings is 1. The fraction of sp³-hybridized carbons (Fsp3) is 0.667. The van der Waals surface area contributed by atoms with Crippen molar-refractivity contribution in [2.45, 2.75) is 43.8 Å². The van der Waals surface area contributed by atoms with Crippen LogP contribution in [0.2, 0.25) is 0 Å². The molecular weight excluding hydrogens is 550 g/mol. The summed E-state index contributed by atoms with van der Waals surface area (Å²) in [5.41, 5.74) is -4.35. The summed E-state index contributed by atoms with van der Waals surface area (Å²) >= 11 is 0. The molecule has 2 N–H and O–H groups in total. The molecule has 2 aliphatic rings. The van der Waals surface area contributed by atoms with Gasteiger partial charge in [-0.05, 0) is 37.2 Å². The first kappa shape index (κ1) is 25.9. The van der Waals surface area contributed by atoms with Crippen molar-refractivity contribution in [2.75, 3.05) is 26.7 Å². The Morgan fingerprint density at radius 3 is 2.45 bits per heavy atom. The maximum atomic E-state index is 12.7. The Balaban J connectivity index is 0.00000341. The highest BCUT2D eigenvalue weighted by Crippen LogP contribution is 2.29. The van der Waals surface area contributed by atoms with Crippen molar-refractivity contribution in [3.8, 4) is 5.88 Å². The van der Waals surface area contributed by atoms with Gasteiger partial charge in [0.1, 0.15) is 0 Å². The molecule has 0 amide bonds. The van der Waals surface area contributed by atoms with Gasteiger partial charge >= 0.3 is 15.5 Å². The summed E-state index contributed by atoms with van der Waals surface area (Å²) in [5, 5.41) is 6.25. The van der Waals surface area contributed by atoms with E-state index in [1.807, 2.05) is 12.1 Å². The Morgan fingerprint density at radius 1 is 1.26 bits per heavy atom. The summed E-state index contributed by atoms with van der Waals surface area (Å²) in [6.07, 6.45) is 4.65. The average molecular weight is 577 g/mol. The molecule has 0 unspecified atom stereocenters. The molecule has 1 aromatic rings. The minimum Gasteiger partial charge on any atom is -0.477 e. The van der Waals surface area contributed by atoms with E-state index in [0.717, 1.165) is 5.56 Å². The molecule has 2 fully saturated rings. The van der Waals surface area contributed by atoms with E-state index in [0.29, 0.717) is 35.2 Å². The minimum atomic E-state index is -5.27. The van der Waals surface area contributed by atoms with Gasteiger partial charge in [0.25, 0.3) is 0 Å². The van der Waals surface area contributed by atoms with Gasteiger partial charge in [-0.1, -0.05) is 6.07 Å². The fourth-order valence-corrected chi connectivity index (χ4v) is 4.03. The molecular formula is C18H27F3IN5O3S. The van der Waals surface area contributed by atoms with Gasteiger partial charge in [0.05, 0.1) is 6.61 Å². The molecule has 0 aromatic carbocycles. The summed E-state index contributed by atoms with van der Waals surface area (Å²) in [6, 6.07) is 3.54. The Hall–Kier alpha value is -1.35. The molecule has 13 heteroatoms. The van der Waals surface area contributed by atoms with Gasteiger partial charge < -0.3 is 15.4 Å². The molecule has 1 saturated heterocycles. The largest absolute Gasteiger partial charge is 0.511 e. The van der Waals surface area contributed by atoms with Gasteiger partial charge in [0, 0.05) is 45.0 Å². The van der Waals surface area contributed by atoms with Crippen molar-refractivity contribution in [3.05, 3.63) is 23.9 Å². The highest BCUT2D eigenvalue weighted by atomic mass is 127. The Morgan fingerprint density at radius 2 is 1.94 bits per heavy atom. The van der Waals surface area contributed by atoms with Crippen LogP contribution in [0.25, 0.3) is 0 Å². The third kappa shape index (κ3) is 7.34. The molecule has 1 aromatic heterocycles. The number of nitrogens with one attached hydrogen (secondary N) is 2. The van der Waals surface area contributed by atoms with Crippen LogP contribution in [0, 0.1) is 5.92 Å². The number of alkyl halides is 3. The minimum absolute atomic E-state index is 0. The SMILES string of the molecule is CN=C(NCc1ccc(OCC2CC2)nc1)NC1CCN(S(=O)(=O)C(F)(F)F)CC1.I. The second-order valence-electron chi connectivity index (χ2n) is 7.45. The van der Waals surface area contributed by atoms with Crippen LogP contribution < -0.4 is 15.4 Å². The molecule has 0 radical (unpaired) electrons. The van der Waals surface area contributed by atoms with Gasteiger partial charge in [-0.3, -0.25) is 4.99 Å². The number of guanidine groups is 1. The van der Waals surface area contributed by atoms with Crippen LogP contribution in [0.4, 0.5) is 13.2 Å². The van der Waals surface area contributed by atoms with Gasteiger partial charge in [-0.25, -0.2) is 13.4 Å². The number of sulfonamides is 1. The smallest absolute Gasteiger partial charge is 0.477 e. The van der Waals surface area contributed by atoms with Crippen molar-refractivity contribution in [1.82, 2.24) is 19.9 Å². The van der Waals surface area contributed by atoms with E-state index in [-0.39, 0.29) is 55.9 Å². The first-order valence-corrected chi connectivity index (χ1v) is 11.2. The Kier molecular flexibility index (Phi) is 9.18. The number of hydrogen-bond acceptors (Lipinski definition) is 5. The van der Waals surface area contributed by atoms with E-state index in [9.17, 15) is 21.6 Å². The molecule has 1 aliphatic heterocycles. The van der Waals surface area contributed by atoms with E-state index in [2.05, 4.69) is 20.6 Å². The molecule has 1 aliphatic carbocycles. The zero-order chi connectivity index (χ0) is 21.8. The molecule has 3 rings (SSSR count). The molecule has 31 heavy (non-hydrogen) atoms. The lowest BCUT2D eigenvalue weighted by Crippen LogP contribution is -2.51. The van der Waals surface area contributed by atoms with Gasteiger partial charge in [-0.15, -0.1) is 24.0 Å². The zero-order valence-electron chi connectivity index (χ0n) is 17.1. The van der Waals surface area contributed by atoms with E-state index in [4.69, 9.17) is 4.74 Å². The van der Waals surface area contributed by atoms with Crippen molar-refractivity contribution in [3.63, 3.8) is 0 Å². The Bertz CT molecular complexity index is 840. The number of piperidine rings is 1. The topological polar surface area (TPSA) is 95.9 Å². The zero-order valence-corrected chi connectivity index (χ0v) is 20.2. The van der Waals surface area contributed by atoms with E-state index in [1.54, 1.807) is 13.2 Å². The monoisotopic (exact) mass is 577 g/mol. The lowest BCUT2D eigenvalue weighted by molar-refractivity contribution is -0.0494. The molecule has 8 nitrogen and oxygen atoms in total. The normalized spacial score (nSPS) is 18.9. The van der Waals surface area contributed by atoms with Crippen LogP contribution in [-0.2, 0) is 16.6 Å². The highest BCUT2D eigenvalue weighted by Gasteiger charge is 2.50. The molecule has 1 saturated carbocycles. The number of ether oxygens (including phenoxy) is 1. The standard InChI is InChI=1S/C18H26F3N5O3S.HI/c1-22-17(24-11-14-4-5-16(23-10-14)29-12-13-2-3-13)25-15-6-8-26(9-7-15)30(27,28)18(19,20)21;/h4-5,10,13,15H,2-3,6-9,11-12H2,1H3,(H2,22,24,25);1H. The number of nitrogens with zero attached hydrogens (tertiary/aromatic N) is 3. The first-order valence-electron chi connectivity index (χ1n) is 9.80. The van der Waals surface area contributed by atoms with Crippen LogP contribution in [-0.4, -0.2) is 62.0 Å². The fourth-order valence-electron chi connectivity index (χ4n) is 3.05. The first-order chi connectivity index (χ1) is 14.2. The van der Waals surface area contributed by atoms with Crippen molar-refractivity contribution < 1.29 is 26.3 Å². The van der Waals surface area contributed by atoms with Crippen molar-refractivity contribution in [1.29, 1.82) is 0 Å². The number of hydrogen-bond donors (Lipinski definition) is 2. The van der Waals surface area contributed by atoms with Crippen molar-refractivity contribution in [2.24, 2.45) is 10.9 Å². The molecule has 0 bridgehead atoms. The highest BCUT2D eigenvalue weighted by molar-refractivity contribution is 14.0. The molecule has 0 atom stereocenters. The van der Waals surface area contributed by atoms with E-state index < -0.39 is 15.5 Å². The van der Waals surface area contributed by atoms with Crippen LogP contribution in [0.5, 0.6) is 5.88 Å². The molecule has 0 spiro atoms. The van der Waals surface area contributed by atoms with Crippen LogP contribution in [0.3, 0.4) is 0 Å². The predicted octanol–water partition coefficient (Wildman–Crippen LogP) is 2.47. The summed E-state index contributed by atoms with van der Waals surface area (Å²) in [6.45, 7) is 0.770. The summed E-state index contributed by atoms with van der Waals surface area (Å²) in [7, 11) is -3.68. The molecule has 2 heterocycles. The lowest BCUT2D eigenvalue weighted by Gasteiger charge is -2.32. The number of aliphatic imine (C=N–C) groups is 1. The lowest BCUT2D eigenvalue weighted by atomic mass is 10.1. The maximum absolute atomic E-state index is 12.7. The summed E-state index contributed by atoms with van der Waals surface area (Å²) in [5.74, 6) is 1.73. The van der Waals surface area contributed by atoms with Gasteiger partial charge in [0.2, 0.25) is 5.88 Å². The van der Waals surface area contributed by atoms with Crippen LogP contribution in [0.15, 0.2) is 23.3 Å². The van der Waals surface area contributed by atoms with Crippen LogP contribution >= 0.6 is 24.0 Å². The second kappa shape index (κ2) is 11.0. The second-order valence-corrected chi connectivity index (χ2v) is 9.38. The average Bonchev–Trinajstić information content (AvgIpc) is 3.54. The van der Waals surface area contributed by atoms with Crippen LogP contribution in [0.1, 0.15) is 31.2 Å². The third-order valence-corrected chi connectivity index (χ3v) is 6.70. The summed E-state index contributed by atoms with van der Waals surface area (Å²) in [4.78, 5) is 8.39. The van der Waals surface area contributed by atoms with E-state index >= 15 is 0 Å². The number of aromatic nitrogens is 1. The van der Waals surface area contributed by atoms with E-state index in [1.165, 1.54) is 12.8 Å². The molecule has 176 valence electrons. The predicted molar refractivity (Wildman–Crippen MR) is 121 cm³/mol. The quantitative estimate of drug-likeness (QED) is 0.294. The third-order valence-electron chi connectivity index (χ3n) is 5.07. The van der Waals surface area contributed by atoms with Gasteiger partial charge in [-0.2, -0.15) is 17.5 Å². The van der Waals surface area contributed by atoms with Gasteiger partial charge in [0.15, 0.2) is 5.96 Å². The maximum Gasteiger partial charge on any atom is 0.511 e. The Labute approximate surface area is 197 Å². The number of halogens is 4. The summed E-state index contributed by atoms with van der Waals surface area (Å²) < 4.78 is 67.0. The van der Waals surface area contributed by atoms with Crippen molar-refractivity contribution >= 4 is 40.0 Å².